The third-order valence-corrected chi connectivity index (χ3v) is 6.34. The first-order valence-electron chi connectivity index (χ1n) is 5.72. The van der Waals surface area contributed by atoms with Gasteiger partial charge in [0.25, 0.3) is 5.91 Å². The number of ether oxygens (including phenoxy) is 1. The number of carbonyl (C=O) groups is 1. The van der Waals surface area contributed by atoms with Gasteiger partial charge < -0.3 is 10.1 Å². The van der Waals surface area contributed by atoms with Crippen molar-refractivity contribution in [1.82, 2.24) is 0 Å². The van der Waals surface area contributed by atoms with Crippen LogP contribution >= 0.6 is 77.0 Å². The standard InChI is InChI=1S/C14H9Br2I2NO2/c1-21-12-3-2-8(6-10(12)15)19-14(20)9-4-7(17)5-11(18)13(9)16/h2-6H,1H3,(H,19,20). The molecule has 0 fully saturated rings. The van der Waals surface area contributed by atoms with Crippen molar-refractivity contribution in [2.45, 2.75) is 0 Å². The molecule has 2 aromatic carbocycles. The number of halogens is 4. The molecule has 0 saturated carbocycles. The summed E-state index contributed by atoms with van der Waals surface area (Å²) in [5.74, 6) is 0.563. The Labute approximate surface area is 166 Å². The van der Waals surface area contributed by atoms with Crippen molar-refractivity contribution >= 4 is 88.6 Å². The Kier molecular flexibility index (Phi) is 6.33. The highest BCUT2D eigenvalue weighted by Crippen LogP contribution is 2.30. The Morgan fingerprint density at radius 1 is 1.19 bits per heavy atom. The molecular weight excluding hydrogens is 628 g/mol. The van der Waals surface area contributed by atoms with Gasteiger partial charge in [0.05, 0.1) is 17.1 Å². The van der Waals surface area contributed by atoms with Crippen LogP contribution in [-0.2, 0) is 0 Å². The molecule has 0 saturated heterocycles. The second-order valence-corrected chi connectivity index (χ2v) is 8.11. The fourth-order valence-corrected chi connectivity index (χ4v) is 4.46. The maximum absolute atomic E-state index is 12.4. The van der Waals surface area contributed by atoms with Crippen molar-refractivity contribution in [3.8, 4) is 5.75 Å². The molecule has 110 valence electrons. The largest absolute Gasteiger partial charge is 0.496 e. The third-order valence-electron chi connectivity index (χ3n) is 2.65. The molecule has 0 bridgehead atoms. The summed E-state index contributed by atoms with van der Waals surface area (Å²) in [5, 5.41) is 2.88. The van der Waals surface area contributed by atoms with Crippen LogP contribution in [0.15, 0.2) is 39.3 Å². The monoisotopic (exact) mass is 635 g/mol. The number of anilines is 1. The lowest BCUT2D eigenvalue weighted by Gasteiger charge is -2.10. The highest BCUT2D eigenvalue weighted by molar-refractivity contribution is 14.1. The molecule has 1 amide bonds. The molecular formula is C14H9Br2I2NO2. The van der Waals surface area contributed by atoms with Gasteiger partial charge in [0.15, 0.2) is 0 Å². The van der Waals surface area contributed by atoms with E-state index in [1.54, 1.807) is 19.2 Å². The van der Waals surface area contributed by atoms with Crippen LogP contribution in [0.4, 0.5) is 5.69 Å². The fraction of sp³-hybridized carbons (Fsp3) is 0.0714. The molecule has 0 radical (unpaired) electrons. The van der Waals surface area contributed by atoms with Gasteiger partial charge in [0.2, 0.25) is 0 Å². The summed E-state index contributed by atoms with van der Waals surface area (Å²) in [6.45, 7) is 0. The van der Waals surface area contributed by atoms with Crippen LogP contribution in [0.25, 0.3) is 0 Å². The lowest BCUT2D eigenvalue weighted by atomic mass is 10.2. The quantitative estimate of drug-likeness (QED) is 0.348. The zero-order valence-electron chi connectivity index (χ0n) is 10.7. The van der Waals surface area contributed by atoms with Gasteiger partial charge in [-0.1, -0.05) is 0 Å². The van der Waals surface area contributed by atoms with Gasteiger partial charge >= 0.3 is 0 Å². The molecule has 2 aromatic rings. The molecule has 0 spiro atoms. The number of hydrogen-bond acceptors (Lipinski definition) is 2. The van der Waals surface area contributed by atoms with Crippen molar-refractivity contribution in [2.24, 2.45) is 0 Å². The van der Waals surface area contributed by atoms with E-state index in [0.717, 1.165) is 21.8 Å². The van der Waals surface area contributed by atoms with E-state index in [0.29, 0.717) is 11.3 Å². The lowest BCUT2D eigenvalue weighted by Crippen LogP contribution is -2.13. The molecule has 1 N–H and O–H groups in total. The minimum absolute atomic E-state index is 0.157. The predicted octanol–water partition coefficient (Wildman–Crippen LogP) is 5.68. The van der Waals surface area contributed by atoms with Gasteiger partial charge in [-0.25, -0.2) is 0 Å². The second-order valence-electron chi connectivity index (χ2n) is 4.05. The van der Waals surface area contributed by atoms with Gasteiger partial charge in [0, 0.05) is 17.3 Å². The maximum Gasteiger partial charge on any atom is 0.256 e. The molecule has 0 unspecified atom stereocenters. The van der Waals surface area contributed by atoms with Gasteiger partial charge in [-0.05, 0) is 107 Å². The first kappa shape index (κ1) is 17.5. The number of benzene rings is 2. The van der Waals surface area contributed by atoms with E-state index in [1.165, 1.54) is 0 Å². The average molecular weight is 637 g/mol. The summed E-state index contributed by atoms with van der Waals surface area (Å²) < 4.78 is 8.78. The van der Waals surface area contributed by atoms with Crippen LogP contribution in [0.1, 0.15) is 10.4 Å². The van der Waals surface area contributed by atoms with Crippen molar-refractivity contribution in [1.29, 1.82) is 0 Å². The van der Waals surface area contributed by atoms with Crippen LogP contribution in [0, 0.1) is 7.14 Å². The van der Waals surface area contributed by atoms with Gasteiger partial charge in [-0.2, -0.15) is 0 Å². The maximum atomic E-state index is 12.4. The summed E-state index contributed by atoms with van der Waals surface area (Å²) >= 11 is 11.3. The third kappa shape index (κ3) is 4.32. The van der Waals surface area contributed by atoms with E-state index in [-0.39, 0.29) is 5.91 Å². The van der Waals surface area contributed by atoms with E-state index >= 15 is 0 Å². The number of rotatable bonds is 3. The number of hydrogen-bond donors (Lipinski definition) is 1. The summed E-state index contributed by atoms with van der Waals surface area (Å²) in [6.07, 6.45) is 0. The van der Waals surface area contributed by atoms with E-state index in [2.05, 4.69) is 82.4 Å². The molecule has 0 heterocycles. The molecule has 3 nitrogen and oxygen atoms in total. The predicted molar refractivity (Wildman–Crippen MR) is 108 cm³/mol. The smallest absolute Gasteiger partial charge is 0.256 e. The molecule has 0 aromatic heterocycles. The minimum atomic E-state index is -0.157. The Morgan fingerprint density at radius 3 is 2.52 bits per heavy atom. The molecule has 0 aliphatic rings. The topological polar surface area (TPSA) is 38.3 Å². The Balaban J connectivity index is 2.28. The van der Waals surface area contributed by atoms with Crippen molar-refractivity contribution in [3.05, 3.63) is 52.0 Å². The minimum Gasteiger partial charge on any atom is -0.496 e. The Bertz CT molecular complexity index is 708. The number of methoxy groups -OCH3 is 1. The van der Waals surface area contributed by atoms with Crippen molar-refractivity contribution in [2.75, 3.05) is 12.4 Å². The van der Waals surface area contributed by atoms with E-state index in [9.17, 15) is 4.79 Å². The Morgan fingerprint density at radius 2 is 1.90 bits per heavy atom. The number of amides is 1. The number of carbonyl (C=O) groups excluding carboxylic acids is 1. The fourth-order valence-electron chi connectivity index (χ4n) is 1.66. The average Bonchev–Trinajstić information content (AvgIpc) is 2.43. The first-order chi connectivity index (χ1) is 9.92. The highest BCUT2D eigenvalue weighted by Gasteiger charge is 2.14. The highest BCUT2D eigenvalue weighted by atomic mass is 127. The summed E-state index contributed by atoms with van der Waals surface area (Å²) in [7, 11) is 1.60. The molecule has 7 heteroatoms. The molecule has 0 atom stereocenters. The van der Waals surface area contributed by atoms with Crippen molar-refractivity contribution < 1.29 is 9.53 Å². The zero-order chi connectivity index (χ0) is 15.6. The van der Waals surface area contributed by atoms with E-state index < -0.39 is 0 Å². The van der Waals surface area contributed by atoms with Gasteiger partial charge in [0.1, 0.15) is 5.75 Å². The van der Waals surface area contributed by atoms with Crippen LogP contribution in [-0.4, -0.2) is 13.0 Å². The van der Waals surface area contributed by atoms with Crippen LogP contribution < -0.4 is 10.1 Å². The Hall–Kier alpha value is 0.130. The molecule has 21 heavy (non-hydrogen) atoms. The van der Waals surface area contributed by atoms with Gasteiger partial charge in [-0.3, -0.25) is 4.79 Å². The van der Waals surface area contributed by atoms with Crippen LogP contribution in [0.3, 0.4) is 0 Å². The van der Waals surface area contributed by atoms with E-state index in [4.69, 9.17) is 4.74 Å². The molecule has 0 aliphatic carbocycles. The first-order valence-corrected chi connectivity index (χ1v) is 9.46. The zero-order valence-corrected chi connectivity index (χ0v) is 18.2. The lowest BCUT2D eigenvalue weighted by molar-refractivity contribution is 0.102. The number of nitrogens with one attached hydrogen (secondary N) is 1. The summed E-state index contributed by atoms with van der Waals surface area (Å²) in [6, 6.07) is 9.26. The summed E-state index contributed by atoms with van der Waals surface area (Å²) in [4.78, 5) is 12.4. The molecule has 2 rings (SSSR count). The van der Waals surface area contributed by atoms with Gasteiger partial charge in [-0.15, -0.1) is 0 Å². The second kappa shape index (κ2) is 7.60. The SMILES string of the molecule is COc1ccc(NC(=O)c2cc(I)cc(I)c2Br)cc1Br. The normalized spacial score (nSPS) is 10.3. The molecule has 0 aliphatic heterocycles. The van der Waals surface area contributed by atoms with E-state index in [1.807, 2.05) is 18.2 Å². The van der Waals surface area contributed by atoms with Crippen LogP contribution in [0.5, 0.6) is 5.75 Å². The van der Waals surface area contributed by atoms with Crippen LogP contribution in [0.2, 0.25) is 0 Å². The summed E-state index contributed by atoms with van der Waals surface area (Å²) in [5.41, 5.74) is 1.31. The van der Waals surface area contributed by atoms with Crippen molar-refractivity contribution in [3.63, 3.8) is 0 Å².